The van der Waals surface area contributed by atoms with Gasteiger partial charge in [-0.1, -0.05) is 36.8 Å². The van der Waals surface area contributed by atoms with Gasteiger partial charge >= 0.3 is 0 Å². The molecule has 8 nitrogen and oxygen atoms in total. The zero-order valence-electron chi connectivity index (χ0n) is 18.1. The molecule has 0 saturated heterocycles. The van der Waals surface area contributed by atoms with Crippen molar-refractivity contribution < 1.29 is 4.79 Å². The summed E-state index contributed by atoms with van der Waals surface area (Å²) in [6.07, 6.45) is 2.60. The Morgan fingerprint density at radius 2 is 1.84 bits per heavy atom. The van der Waals surface area contributed by atoms with Crippen molar-refractivity contribution in [3.63, 3.8) is 0 Å². The number of carbonyl (C=O) groups is 1. The molecule has 4 aromatic rings. The maximum absolute atomic E-state index is 13.1. The second-order valence-electron chi connectivity index (χ2n) is 7.59. The Kier molecular flexibility index (Phi) is 5.62. The van der Waals surface area contributed by atoms with E-state index in [1.165, 1.54) is 5.56 Å². The molecule has 4 rings (SSSR count). The zero-order chi connectivity index (χ0) is 22.0. The van der Waals surface area contributed by atoms with E-state index in [4.69, 9.17) is 0 Å². The summed E-state index contributed by atoms with van der Waals surface area (Å²) >= 11 is 0. The number of tetrazole rings is 1. The lowest BCUT2D eigenvalue weighted by Crippen LogP contribution is -2.23. The number of carbonyl (C=O) groups excluding carboxylic acids is 1. The number of rotatable bonds is 6. The van der Waals surface area contributed by atoms with Gasteiger partial charge in [-0.05, 0) is 53.6 Å². The summed E-state index contributed by atoms with van der Waals surface area (Å²) in [6.45, 7) is 6.39. The van der Waals surface area contributed by atoms with Crippen LogP contribution in [0.4, 0.5) is 0 Å². The lowest BCUT2D eigenvalue weighted by atomic mass is 10.0. The molecule has 0 aliphatic carbocycles. The van der Waals surface area contributed by atoms with Crippen LogP contribution in [0.3, 0.4) is 0 Å². The number of aryl methyl sites for hydroxylation is 4. The van der Waals surface area contributed by atoms with Crippen LogP contribution in [-0.4, -0.2) is 35.9 Å². The zero-order valence-corrected chi connectivity index (χ0v) is 18.1. The topological polar surface area (TPSA) is 90.5 Å². The van der Waals surface area contributed by atoms with Crippen LogP contribution in [0.15, 0.2) is 48.7 Å². The molecule has 0 bridgehead atoms. The summed E-state index contributed by atoms with van der Waals surface area (Å²) in [5.74, 6) is 0.572. The molecule has 0 radical (unpaired) electrons. The molecule has 2 heterocycles. The number of nitrogens with zero attached hydrogens (tertiary/aromatic N) is 6. The summed E-state index contributed by atoms with van der Waals surface area (Å²) in [6, 6.07) is 13.9. The highest BCUT2D eigenvalue weighted by Crippen LogP contribution is 2.25. The van der Waals surface area contributed by atoms with Crippen LogP contribution in [0.5, 0.6) is 0 Å². The minimum Gasteiger partial charge on any atom is -0.348 e. The van der Waals surface area contributed by atoms with Gasteiger partial charge < -0.3 is 5.32 Å². The van der Waals surface area contributed by atoms with Gasteiger partial charge in [0, 0.05) is 37.3 Å². The second kappa shape index (κ2) is 8.51. The van der Waals surface area contributed by atoms with E-state index in [0.717, 1.165) is 33.9 Å². The normalized spacial score (nSPS) is 11.0. The van der Waals surface area contributed by atoms with Gasteiger partial charge in [-0.2, -0.15) is 9.78 Å². The average molecular weight is 416 g/mol. The molecule has 158 valence electrons. The third-order valence-electron chi connectivity index (χ3n) is 5.21. The first-order valence-electron chi connectivity index (χ1n) is 10.2. The van der Waals surface area contributed by atoms with Crippen molar-refractivity contribution in [3.05, 3.63) is 76.9 Å². The standard InChI is InChI=1S/C23H25N7O/c1-5-22-25-27-28-30(22)21-11-18(17-8-6-15(2)7-9-17)10-19(12-21)23(31)24-13-20-14-29(4)26-16(20)3/h6-12,14H,5,13H2,1-4H3,(H,24,31). The quantitative estimate of drug-likeness (QED) is 0.522. The Morgan fingerprint density at radius 1 is 1.06 bits per heavy atom. The number of benzene rings is 2. The number of amides is 1. The average Bonchev–Trinajstić information content (AvgIpc) is 3.37. The van der Waals surface area contributed by atoms with E-state index in [2.05, 4.69) is 50.2 Å². The molecule has 2 aromatic heterocycles. The van der Waals surface area contributed by atoms with Crippen molar-refractivity contribution in [2.75, 3.05) is 0 Å². The van der Waals surface area contributed by atoms with Crippen molar-refractivity contribution in [3.8, 4) is 16.8 Å². The highest BCUT2D eigenvalue weighted by Gasteiger charge is 2.14. The van der Waals surface area contributed by atoms with Gasteiger partial charge in [-0.15, -0.1) is 5.10 Å². The van der Waals surface area contributed by atoms with Crippen molar-refractivity contribution in [1.82, 2.24) is 35.3 Å². The van der Waals surface area contributed by atoms with Gasteiger partial charge in [0.1, 0.15) is 0 Å². The lowest BCUT2D eigenvalue weighted by Gasteiger charge is -2.12. The fraction of sp³-hybridized carbons (Fsp3) is 0.261. The van der Waals surface area contributed by atoms with E-state index < -0.39 is 0 Å². The minimum absolute atomic E-state index is 0.162. The predicted octanol–water partition coefficient (Wildman–Crippen LogP) is 3.17. The molecule has 1 N–H and O–H groups in total. The third kappa shape index (κ3) is 4.37. The summed E-state index contributed by atoms with van der Waals surface area (Å²) < 4.78 is 3.43. The van der Waals surface area contributed by atoms with E-state index >= 15 is 0 Å². The first kappa shape index (κ1) is 20.5. The molecule has 0 spiro atoms. The van der Waals surface area contributed by atoms with E-state index in [9.17, 15) is 4.79 Å². The predicted molar refractivity (Wildman–Crippen MR) is 118 cm³/mol. The molecular weight excluding hydrogens is 390 g/mol. The molecule has 0 saturated carbocycles. The molecule has 1 amide bonds. The maximum Gasteiger partial charge on any atom is 0.251 e. The van der Waals surface area contributed by atoms with Crippen LogP contribution in [0.2, 0.25) is 0 Å². The van der Waals surface area contributed by atoms with E-state index in [1.807, 2.05) is 52.2 Å². The summed E-state index contributed by atoms with van der Waals surface area (Å²) in [4.78, 5) is 13.1. The second-order valence-corrected chi connectivity index (χ2v) is 7.59. The fourth-order valence-corrected chi connectivity index (χ4v) is 3.50. The maximum atomic E-state index is 13.1. The molecule has 31 heavy (non-hydrogen) atoms. The molecule has 2 aromatic carbocycles. The van der Waals surface area contributed by atoms with Crippen molar-refractivity contribution in [2.24, 2.45) is 7.05 Å². The Hall–Kier alpha value is -3.81. The monoisotopic (exact) mass is 415 g/mol. The van der Waals surface area contributed by atoms with Gasteiger partial charge in [0.2, 0.25) is 0 Å². The largest absolute Gasteiger partial charge is 0.348 e. The Labute approximate surface area is 180 Å². The summed E-state index contributed by atoms with van der Waals surface area (Å²) in [5, 5.41) is 19.3. The number of nitrogens with one attached hydrogen (secondary N) is 1. The molecular formula is C23H25N7O. The van der Waals surface area contributed by atoms with Crippen molar-refractivity contribution in [2.45, 2.75) is 33.7 Å². The van der Waals surface area contributed by atoms with Gasteiger partial charge in [-0.25, -0.2) is 0 Å². The smallest absolute Gasteiger partial charge is 0.251 e. The van der Waals surface area contributed by atoms with Crippen LogP contribution in [-0.2, 0) is 20.0 Å². The highest BCUT2D eigenvalue weighted by atomic mass is 16.1. The first-order chi connectivity index (χ1) is 14.9. The minimum atomic E-state index is -0.162. The molecule has 0 aliphatic rings. The number of hydrogen-bond donors (Lipinski definition) is 1. The lowest BCUT2D eigenvalue weighted by molar-refractivity contribution is 0.0951. The SMILES string of the molecule is CCc1nnnn1-c1cc(C(=O)NCc2cn(C)nc2C)cc(-c2ccc(C)cc2)c1. The van der Waals surface area contributed by atoms with E-state index in [-0.39, 0.29) is 5.91 Å². The first-order valence-corrected chi connectivity index (χ1v) is 10.2. The van der Waals surface area contributed by atoms with Crippen LogP contribution in [0.25, 0.3) is 16.8 Å². The van der Waals surface area contributed by atoms with Crippen LogP contribution in [0, 0.1) is 13.8 Å². The van der Waals surface area contributed by atoms with Crippen LogP contribution < -0.4 is 5.32 Å². The number of hydrogen-bond acceptors (Lipinski definition) is 5. The van der Waals surface area contributed by atoms with Crippen LogP contribution >= 0.6 is 0 Å². The van der Waals surface area contributed by atoms with Crippen LogP contribution in [0.1, 0.15) is 39.9 Å². The van der Waals surface area contributed by atoms with Crippen molar-refractivity contribution in [1.29, 1.82) is 0 Å². The van der Waals surface area contributed by atoms with Gasteiger partial charge in [0.05, 0.1) is 11.4 Å². The third-order valence-corrected chi connectivity index (χ3v) is 5.21. The van der Waals surface area contributed by atoms with Gasteiger partial charge in [0.25, 0.3) is 5.91 Å². The van der Waals surface area contributed by atoms with E-state index in [0.29, 0.717) is 18.5 Å². The molecule has 0 unspecified atom stereocenters. The fourth-order valence-electron chi connectivity index (χ4n) is 3.50. The summed E-state index contributed by atoms with van der Waals surface area (Å²) in [5.41, 5.74) is 6.32. The molecule has 0 atom stereocenters. The van der Waals surface area contributed by atoms with Gasteiger partial charge in [-0.3, -0.25) is 9.48 Å². The number of aromatic nitrogens is 6. The summed E-state index contributed by atoms with van der Waals surface area (Å²) in [7, 11) is 1.87. The van der Waals surface area contributed by atoms with E-state index in [1.54, 1.807) is 9.36 Å². The molecule has 0 aliphatic heterocycles. The van der Waals surface area contributed by atoms with Gasteiger partial charge in [0.15, 0.2) is 5.82 Å². The molecule has 0 fully saturated rings. The highest BCUT2D eigenvalue weighted by molar-refractivity contribution is 5.96. The Bertz CT molecular complexity index is 1220. The Morgan fingerprint density at radius 3 is 2.52 bits per heavy atom. The Balaban J connectivity index is 1.71. The van der Waals surface area contributed by atoms with Crippen molar-refractivity contribution >= 4 is 5.91 Å². The molecule has 8 heteroatoms.